The molecule has 7 heteroatoms. The van der Waals surface area contributed by atoms with Gasteiger partial charge in [0.1, 0.15) is 5.71 Å². The largest absolute Gasteiger partial charge is 0.386 e. The number of hydrogen-bond donors (Lipinski definition) is 1. The first-order valence-electron chi connectivity index (χ1n) is 9.21. The first-order chi connectivity index (χ1) is 13.5. The fourth-order valence-corrected chi connectivity index (χ4v) is 3.86. The van der Waals surface area contributed by atoms with E-state index >= 15 is 0 Å². The summed E-state index contributed by atoms with van der Waals surface area (Å²) in [5, 5.41) is 7.37. The summed E-state index contributed by atoms with van der Waals surface area (Å²) < 4.78 is 0. The molecule has 2 aliphatic heterocycles. The van der Waals surface area contributed by atoms with Gasteiger partial charge in [0.2, 0.25) is 0 Å². The lowest BCUT2D eigenvalue weighted by Crippen LogP contribution is -2.50. The number of carbonyl (C=O) groups is 2. The number of oxime groups is 1. The Morgan fingerprint density at radius 2 is 1.96 bits per heavy atom. The van der Waals surface area contributed by atoms with Crippen LogP contribution in [0, 0.1) is 0 Å². The van der Waals surface area contributed by atoms with E-state index in [4.69, 9.17) is 16.4 Å². The molecule has 1 fully saturated rings. The Kier molecular flexibility index (Phi) is 5.05. The van der Waals surface area contributed by atoms with Crippen LogP contribution in [0.15, 0.2) is 59.8 Å². The van der Waals surface area contributed by atoms with Gasteiger partial charge in [-0.3, -0.25) is 9.59 Å². The summed E-state index contributed by atoms with van der Waals surface area (Å²) in [6.45, 7) is 1.08. The SMILES string of the molecule is O=C(Nc1cccc(Cl)c1)C1=NOC2(CCCN(C(=O)c3ccccc3)C2)C1. The predicted octanol–water partition coefficient (Wildman–Crippen LogP) is 3.73. The highest BCUT2D eigenvalue weighted by Crippen LogP contribution is 2.34. The zero-order chi connectivity index (χ0) is 19.6. The topological polar surface area (TPSA) is 71.0 Å². The minimum Gasteiger partial charge on any atom is -0.386 e. The Hall–Kier alpha value is -2.86. The van der Waals surface area contributed by atoms with Crippen molar-refractivity contribution in [1.82, 2.24) is 4.90 Å². The van der Waals surface area contributed by atoms with Crippen LogP contribution in [0.5, 0.6) is 0 Å². The lowest BCUT2D eigenvalue weighted by Gasteiger charge is -2.38. The zero-order valence-electron chi connectivity index (χ0n) is 15.2. The highest BCUT2D eigenvalue weighted by Gasteiger charge is 2.45. The molecular formula is C21H20ClN3O3. The van der Waals surface area contributed by atoms with Gasteiger partial charge in [0.05, 0.1) is 6.54 Å². The van der Waals surface area contributed by atoms with Crippen LogP contribution >= 0.6 is 11.6 Å². The van der Waals surface area contributed by atoms with Crippen LogP contribution in [-0.2, 0) is 9.63 Å². The number of piperidine rings is 1. The number of rotatable bonds is 3. The summed E-state index contributed by atoms with van der Waals surface area (Å²) in [7, 11) is 0. The molecule has 1 unspecified atom stereocenters. The fourth-order valence-electron chi connectivity index (χ4n) is 3.67. The number of nitrogens with zero attached hydrogens (tertiary/aromatic N) is 2. The molecule has 0 saturated carbocycles. The van der Waals surface area contributed by atoms with E-state index in [9.17, 15) is 9.59 Å². The number of hydrogen-bond acceptors (Lipinski definition) is 4. The smallest absolute Gasteiger partial charge is 0.273 e. The van der Waals surface area contributed by atoms with Crippen LogP contribution in [0.25, 0.3) is 0 Å². The monoisotopic (exact) mass is 397 g/mol. The van der Waals surface area contributed by atoms with E-state index in [1.54, 1.807) is 41.3 Å². The van der Waals surface area contributed by atoms with Gasteiger partial charge in [-0.25, -0.2) is 0 Å². The third kappa shape index (κ3) is 3.87. The van der Waals surface area contributed by atoms with E-state index in [1.165, 1.54) is 0 Å². The first kappa shape index (κ1) is 18.5. The maximum absolute atomic E-state index is 12.8. The number of anilines is 1. The van der Waals surface area contributed by atoms with Gasteiger partial charge >= 0.3 is 0 Å². The van der Waals surface area contributed by atoms with Crippen molar-refractivity contribution < 1.29 is 14.4 Å². The molecule has 4 rings (SSSR count). The minimum atomic E-state index is -0.635. The molecule has 1 atom stereocenters. The minimum absolute atomic E-state index is 0.0277. The van der Waals surface area contributed by atoms with Crippen molar-refractivity contribution in [3.63, 3.8) is 0 Å². The number of nitrogens with one attached hydrogen (secondary N) is 1. The van der Waals surface area contributed by atoms with Gasteiger partial charge in [-0.15, -0.1) is 0 Å². The average Bonchev–Trinajstić information content (AvgIpc) is 3.11. The zero-order valence-corrected chi connectivity index (χ0v) is 16.0. The Morgan fingerprint density at radius 3 is 2.75 bits per heavy atom. The second-order valence-electron chi connectivity index (χ2n) is 7.15. The lowest BCUT2D eigenvalue weighted by atomic mass is 9.87. The van der Waals surface area contributed by atoms with Crippen LogP contribution in [0.1, 0.15) is 29.6 Å². The molecule has 0 radical (unpaired) electrons. The van der Waals surface area contributed by atoms with Crippen molar-refractivity contribution in [2.45, 2.75) is 24.9 Å². The van der Waals surface area contributed by atoms with Crippen molar-refractivity contribution in [1.29, 1.82) is 0 Å². The van der Waals surface area contributed by atoms with E-state index in [2.05, 4.69) is 10.5 Å². The molecule has 0 bridgehead atoms. The third-order valence-corrected chi connectivity index (χ3v) is 5.27. The summed E-state index contributed by atoms with van der Waals surface area (Å²) in [5.74, 6) is -0.342. The molecule has 0 aromatic heterocycles. The second kappa shape index (κ2) is 7.64. The van der Waals surface area contributed by atoms with Gasteiger partial charge in [0.25, 0.3) is 11.8 Å². The number of halogens is 1. The van der Waals surface area contributed by atoms with Crippen LogP contribution in [-0.4, -0.2) is 41.1 Å². The molecule has 0 aliphatic carbocycles. The maximum Gasteiger partial charge on any atom is 0.273 e. The van der Waals surface area contributed by atoms with Crippen LogP contribution in [0.2, 0.25) is 5.02 Å². The molecule has 2 aliphatic rings. The van der Waals surface area contributed by atoms with E-state index in [1.807, 2.05) is 18.2 Å². The summed E-state index contributed by atoms with van der Waals surface area (Å²) in [6, 6.07) is 16.1. The summed E-state index contributed by atoms with van der Waals surface area (Å²) in [6.07, 6.45) is 1.93. The average molecular weight is 398 g/mol. The highest BCUT2D eigenvalue weighted by molar-refractivity contribution is 6.43. The number of likely N-dealkylation sites (tertiary alicyclic amines) is 1. The molecule has 1 saturated heterocycles. The standard InChI is InChI=1S/C21H20ClN3O3/c22-16-8-4-9-17(12-16)23-19(26)18-13-21(28-24-18)10-5-11-25(14-21)20(27)15-6-2-1-3-7-15/h1-4,6-9,12H,5,10-11,13-14H2,(H,23,26). The van der Waals surface area contributed by atoms with Crippen molar-refractivity contribution >= 4 is 34.8 Å². The molecular weight excluding hydrogens is 378 g/mol. The molecule has 144 valence electrons. The fraction of sp³-hybridized carbons (Fsp3) is 0.286. The number of amides is 2. The predicted molar refractivity (Wildman–Crippen MR) is 108 cm³/mol. The van der Waals surface area contributed by atoms with Gasteiger partial charge in [-0.1, -0.05) is 41.0 Å². The maximum atomic E-state index is 12.8. The van der Waals surface area contributed by atoms with Crippen LogP contribution < -0.4 is 5.32 Å². The van der Waals surface area contributed by atoms with Gasteiger partial charge in [0.15, 0.2) is 5.60 Å². The molecule has 1 spiro atoms. The summed E-state index contributed by atoms with van der Waals surface area (Å²) in [4.78, 5) is 32.8. The van der Waals surface area contributed by atoms with E-state index in [-0.39, 0.29) is 11.8 Å². The van der Waals surface area contributed by atoms with E-state index in [0.717, 1.165) is 12.8 Å². The lowest BCUT2D eigenvalue weighted by molar-refractivity contribution is -0.110. The third-order valence-electron chi connectivity index (χ3n) is 5.03. The molecule has 2 heterocycles. The number of carbonyl (C=O) groups excluding carboxylic acids is 2. The van der Waals surface area contributed by atoms with E-state index in [0.29, 0.717) is 41.5 Å². The summed E-state index contributed by atoms with van der Waals surface area (Å²) in [5.41, 5.74) is 0.945. The van der Waals surface area contributed by atoms with Crippen molar-refractivity contribution in [2.75, 3.05) is 18.4 Å². The first-order valence-corrected chi connectivity index (χ1v) is 9.59. The molecule has 1 N–H and O–H groups in total. The van der Waals surface area contributed by atoms with Gasteiger partial charge in [-0.2, -0.15) is 0 Å². The van der Waals surface area contributed by atoms with Gasteiger partial charge in [0, 0.05) is 29.2 Å². The Labute approximate surface area is 168 Å². The molecule has 6 nitrogen and oxygen atoms in total. The van der Waals surface area contributed by atoms with Crippen molar-refractivity contribution in [2.24, 2.45) is 5.16 Å². The summed E-state index contributed by atoms with van der Waals surface area (Å²) >= 11 is 5.96. The normalized spacial score (nSPS) is 21.2. The molecule has 2 aromatic carbocycles. The molecule has 28 heavy (non-hydrogen) atoms. The Bertz CT molecular complexity index is 932. The highest BCUT2D eigenvalue weighted by atomic mass is 35.5. The van der Waals surface area contributed by atoms with Crippen molar-refractivity contribution in [3.05, 3.63) is 65.2 Å². The van der Waals surface area contributed by atoms with E-state index < -0.39 is 5.60 Å². The quantitative estimate of drug-likeness (QED) is 0.857. The van der Waals surface area contributed by atoms with Crippen molar-refractivity contribution in [3.8, 4) is 0 Å². The van der Waals surface area contributed by atoms with Gasteiger partial charge < -0.3 is 15.1 Å². The van der Waals surface area contributed by atoms with Crippen LogP contribution in [0.4, 0.5) is 5.69 Å². The Balaban J connectivity index is 1.41. The van der Waals surface area contributed by atoms with Gasteiger partial charge in [-0.05, 0) is 43.2 Å². The van der Waals surface area contributed by atoms with Crippen LogP contribution in [0.3, 0.4) is 0 Å². The molecule has 2 amide bonds. The second-order valence-corrected chi connectivity index (χ2v) is 7.59. The number of benzene rings is 2. The molecule has 2 aromatic rings. The Morgan fingerprint density at radius 1 is 1.14 bits per heavy atom.